The average Bonchev–Trinajstić information content (AvgIpc) is 3.62. The van der Waals surface area contributed by atoms with Crippen LogP contribution in [0.15, 0.2) is 94.4 Å². The first kappa shape index (κ1) is 25.5. The number of sulfonamides is 1. The second kappa shape index (κ2) is 10.3. The van der Waals surface area contributed by atoms with Gasteiger partial charge >= 0.3 is 0 Å². The Bertz CT molecular complexity index is 1680. The molecule has 0 saturated carbocycles. The molecule has 0 fully saturated rings. The van der Waals surface area contributed by atoms with Crippen molar-refractivity contribution >= 4 is 48.3 Å². The van der Waals surface area contributed by atoms with Gasteiger partial charge in [-0.25, -0.2) is 13.4 Å². The van der Waals surface area contributed by atoms with Gasteiger partial charge in [-0.1, -0.05) is 35.6 Å². The van der Waals surface area contributed by atoms with Crippen molar-refractivity contribution in [2.75, 3.05) is 23.4 Å². The Kier molecular flexibility index (Phi) is 6.92. The highest BCUT2D eigenvalue weighted by molar-refractivity contribution is 7.92. The van der Waals surface area contributed by atoms with Crippen LogP contribution in [0.2, 0.25) is 0 Å². The molecule has 0 saturated heterocycles. The molecule has 2 heterocycles. The molecule has 0 unspecified atom stereocenters. The number of benzene rings is 3. The van der Waals surface area contributed by atoms with Crippen LogP contribution in [0.5, 0.6) is 5.75 Å². The molecule has 3 aromatic carbocycles. The Morgan fingerprint density at radius 2 is 1.74 bits per heavy atom. The summed E-state index contributed by atoms with van der Waals surface area (Å²) in [5.74, 6) is 0.873. The molecular formula is C28H25N3O5S2. The third-order valence-electron chi connectivity index (χ3n) is 6.16. The Balaban J connectivity index is 1.49. The number of amides is 1. The number of anilines is 2. The van der Waals surface area contributed by atoms with Crippen LogP contribution in [0, 0.1) is 6.92 Å². The molecule has 0 bridgehead atoms. The van der Waals surface area contributed by atoms with E-state index in [1.165, 1.54) is 51.9 Å². The molecule has 0 aliphatic heterocycles. The minimum Gasteiger partial charge on any atom is -0.494 e. The van der Waals surface area contributed by atoms with E-state index in [4.69, 9.17) is 14.1 Å². The fourth-order valence-corrected chi connectivity index (χ4v) is 6.27. The zero-order valence-electron chi connectivity index (χ0n) is 21.0. The lowest BCUT2D eigenvalue weighted by molar-refractivity contribution is 0.0983. The second-order valence-electron chi connectivity index (χ2n) is 8.56. The van der Waals surface area contributed by atoms with Crippen molar-refractivity contribution in [2.24, 2.45) is 0 Å². The Hall–Kier alpha value is -4.15. The number of para-hydroxylation sites is 1. The van der Waals surface area contributed by atoms with Crippen LogP contribution in [0.3, 0.4) is 0 Å². The van der Waals surface area contributed by atoms with Gasteiger partial charge < -0.3 is 9.15 Å². The minimum absolute atomic E-state index is 0.0818. The van der Waals surface area contributed by atoms with Crippen molar-refractivity contribution in [3.63, 3.8) is 0 Å². The van der Waals surface area contributed by atoms with Crippen LogP contribution < -0.4 is 13.9 Å². The summed E-state index contributed by atoms with van der Waals surface area (Å²) in [5.41, 5.74) is 2.56. The topological polar surface area (TPSA) is 92.9 Å². The van der Waals surface area contributed by atoms with Crippen molar-refractivity contribution in [1.82, 2.24) is 4.98 Å². The summed E-state index contributed by atoms with van der Waals surface area (Å²) in [6.07, 6.45) is 1.55. The molecular weight excluding hydrogens is 522 g/mol. The van der Waals surface area contributed by atoms with Gasteiger partial charge in [-0.3, -0.25) is 14.0 Å². The smallest absolute Gasteiger partial charge is 0.264 e. The van der Waals surface area contributed by atoms with Gasteiger partial charge in [0.15, 0.2) is 5.13 Å². The third kappa shape index (κ3) is 4.75. The first-order valence-electron chi connectivity index (χ1n) is 11.7. The molecule has 5 rings (SSSR count). The van der Waals surface area contributed by atoms with Crippen LogP contribution >= 0.6 is 11.3 Å². The van der Waals surface area contributed by atoms with Crippen LogP contribution in [0.4, 0.5) is 10.8 Å². The van der Waals surface area contributed by atoms with Gasteiger partial charge in [0.05, 0.1) is 35.2 Å². The lowest BCUT2D eigenvalue weighted by Gasteiger charge is -2.21. The van der Waals surface area contributed by atoms with Gasteiger partial charge in [0.1, 0.15) is 17.0 Å². The molecule has 38 heavy (non-hydrogen) atoms. The molecule has 194 valence electrons. The fourth-order valence-electron chi connectivity index (χ4n) is 4.02. The number of rotatable bonds is 8. The highest BCUT2D eigenvalue weighted by atomic mass is 32.2. The van der Waals surface area contributed by atoms with Crippen molar-refractivity contribution in [3.8, 4) is 5.75 Å². The van der Waals surface area contributed by atoms with Gasteiger partial charge in [-0.05, 0) is 67.1 Å². The maximum Gasteiger partial charge on any atom is 0.264 e. The highest BCUT2D eigenvalue weighted by Gasteiger charge is 2.26. The average molecular weight is 548 g/mol. The third-order valence-corrected chi connectivity index (χ3v) is 9.18. The Morgan fingerprint density at radius 3 is 2.39 bits per heavy atom. The van der Waals surface area contributed by atoms with E-state index < -0.39 is 10.0 Å². The number of hydrogen-bond donors (Lipinski definition) is 0. The quantitative estimate of drug-likeness (QED) is 0.241. The SMILES string of the molecule is COc1ccc(C)c2sc(N(Cc3ccco3)C(=O)c3ccc(S(=O)(=O)N(C)c4ccccc4)cc3)nc12. The molecule has 10 heteroatoms. The van der Waals surface area contributed by atoms with Gasteiger partial charge in [0.2, 0.25) is 0 Å². The van der Waals surface area contributed by atoms with Crippen molar-refractivity contribution in [3.05, 3.63) is 102 Å². The Morgan fingerprint density at radius 1 is 1.00 bits per heavy atom. The number of aryl methyl sites for hydroxylation is 1. The fraction of sp³-hybridized carbons (Fsp3) is 0.143. The predicted octanol–water partition coefficient (Wildman–Crippen LogP) is 5.88. The first-order chi connectivity index (χ1) is 18.3. The molecule has 1 amide bonds. The monoisotopic (exact) mass is 547 g/mol. The maximum atomic E-state index is 13.8. The minimum atomic E-state index is -3.81. The summed E-state index contributed by atoms with van der Waals surface area (Å²) in [5, 5.41) is 0.481. The van der Waals surface area contributed by atoms with E-state index in [1.807, 2.05) is 25.1 Å². The van der Waals surface area contributed by atoms with Gasteiger partial charge in [0, 0.05) is 12.6 Å². The number of furan rings is 1. The summed E-state index contributed by atoms with van der Waals surface area (Å²) >= 11 is 1.39. The summed E-state index contributed by atoms with van der Waals surface area (Å²) in [6, 6.07) is 22.1. The Labute approximate surface area is 224 Å². The molecule has 8 nitrogen and oxygen atoms in total. The number of fused-ring (bicyclic) bond motifs is 1. The van der Waals surface area contributed by atoms with Crippen molar-refractivity contribution in [1.29, 1.82) is 0 Å². The van der Waals surface area contributed by atoms with Crippen LogP contribution in [-0.4, -0.2) is 33.5 Å². The van der Waals surface area contributed by atoms with Crippen LogP contribution in [0.1, 0.15) is 21.7 Å². The molecule has 0 radical (unpaired) electrons. The molecule has 0 atom stereocenters. The van der Waals surface area contributed by atoms with E-state index in [2.05, 4.69) is 0 Å². The number of nitrogens with zero attached hydrogens (tertiary/aromatic N) is 3. The number of aromatic nitrogens is 1. The molecule has 0 spiro atoms. The number of carbonyl (C=O) groups excluding carboxylic acids is 1. The zero-order chi connectivity index (χ0) is 26.9. The van der Waals surface area contributed by atoms with Crippen molar-refractivity contribution in [2.45, 2.75) is 18.4 Å². The standard InChI is InChI=1S/C28H25N3O5S2/c1-19-11-16-24(35-3)25-26(19)37-28(29-25)31(18-22-10-7-17-36-22)27(32)20-12-14-23(15-13-20)38(33,34)30(2)21-8-5-4-6-9-21/h4-17H,18H2,1-3H3. The largest absolute Gasteiger partial charge is 0.494 e. The van der Waals surface area contributed by atoms with Crippen LogP contribution in [0.25, 0.3) is 10.2 Å². The molecule has 0 aliphatic carbocycles. The predicted molar refractivity (Wildman–Crippen MR) is 149 cm³/mol. The normalized spacial score (nSPS) is 11.4. The van der Waals surface area contributed by atoms with Crippen LogP contribution in [-0.2, 0) is 16.6 Å². The van der Waals surface area contributed by atoms with E-state index in [-0.39, 0.29) is 17.3 Å². The van der Waals surface area contributed by atoms with E-state index in [0.29, 0.717) is 33.4 Å². The van der Waals surface area contributed by atoms with Gasteiger partial charge in [-0.15, -0.1) is 0 Å². The lowest BCUT2D eigenvalue weighted by atomic mass is 10.2. The maximum absolute atomic E-state index is 13.8. The highest BCUT2D eigenvalue weighted by Crippen LogP contribution is 2.37. The van der Waals surface area contributed by atoms with E-state index in [9.17, 15) is 13.2 Å². The van der Waals surface area contributed by atoms with E-state index in [0.717, 1.165) is 10.3 Å². The van der Waals surface area contributed by atoms with E-state index >= 15 is 0 Å². The van der Waals surface area contributed by atoms with Crippen molar-refractivity contribution < 1.29 is 22.4 Å². The number of thiazole rings is 1. The first-order valence-corrected chi connectivity index (χ1v) is 14.0. The molecule has 2 aromatic heterocycles. The summed E-state index contributed by atoms with van der Waals surface area (Å²) < 4.78 is 39.5. The molecule has 0 aliphatic rings. The summed E-state index contributed by atoms with van der Waals surface area (Å²) in [7, 11) is -0.727. The second-order valence-corrected chi connectivity index (χ2v) is 11.5. The number of ether oxygens (including phenoxy) is 1. The summed E-state index contributed by atoms with van der Waals surface area (Å²) in [4.78, 5) is 20.1. The number of methoxy groups -OCH3 is 1. The zero-order valence-corrected chi connectivity index (χ0v) is 22.6. The molecule has 0 N–H and O–H groups in total. The van der Waals surface area contributed by atoms with E-state index in [1.54, 1.807) is 49.8 Å². The number of carbonyl (C=O) groups is 1. The lowest BCUT2D eigenvalue weighted by Crippen LogP contribution is -2.30. The van der Waals surface area contributed by atoms with Gasteiger partial charge in [-0.2, -0.15) is 0 Å². The number of hydrogen-bond acceptors (Lipinski definition) is 7. The molecule has 5 aromatic rings. The van der Waals surface area contributed by atoms with Gasteiger partial charge in [0.25, 0.3) is 15.9 Å². The summed E-state index contributed by atoms with van der Waals surface area (Å²) in [6.45, 7) is 2.14.